The zero-order valence-corrected chi connectivity index (χ0v) is 13.1. The van der Waals surface area contributed by atoms with Crippen LogP contribution in [-0.2, 0) is 16.1 Å². The molecule has 0 bridgehead atoms. The number of fused-ring (bicyclic) bond motifs is 1. The number of aliphatic carboxylic acids is 1. The summed E-state index contributed by atoms with van der Waals surface area (Å²) in [6.07, 6.45) is 2.12. The number of aromatic amines is 1. The quantitative estimate of drug-likeness (QED) is 0.887. The number of hydrogen-bond acceptors (Lipinski definition) is 3. The average Bonchev–Trinajstić information content (AvgIpc) is 2.83. The molecular formula is C15H17BrN2O3. The van der Waals surface area contributed by atoms with Gasteiger partial charge in [0.2, 0.25) is 0 Å². The van der Waals surface area contributed by atoms with E-state index >= 15 is 0 Å². The third-order valence-corrected chi connectivity index (χ3v) is 4.36. The fourth-order valence-corrected chi connectivity index (χ4v) is 3.15. The Bertz CT molecular complexity index is 655. The lowest BCUT2D eigenvalue weighted by molar-refractivity contribution is -0.140. The molecule has 1 fully saturated rings. The molecule has 1 aromatic carbocycles. The standard InChI is InChI=1S/C15H17BrN2O3/c16-11-1-2-14-13(5-11)10(7-17-14)8-18-3-4-21-9-12(18)6-15(19)20/h1-2,5,7,12,17H,3-4,6,8-9H2,(H,19,20). The summed E-state index contributed by atoms with van der Waals surface area (Å²) in [7, 11) is 0. The highest BCUT2D eigenvalue weighted by atomic mass is 79.9. The first-order valence-electron chi connectivity index (χ1n) is 6.92. The second-order valence-corrected chi connectivity index (χ2v) is 6.22. The van der Waals surface area contributed by atoms with Gasteiger partial charge in [-0.1, -0.05) is 15.9 Å². The second kappa shape index (κ2) is 6.17. The third kappa shape index (κ3) is 3.28. The molecule has 0 radical (unpaired) electrons. The molecule has 5 nitrogen and oxygen atoms in total. The Morgan fingerprint density at radius 2 is 2.38 bits per heavy atom. The summed E-state index contributed by atoms with van der Waals surface area (Å²) in [6.45, 7) is 2.64. The fourth-order valence-electron chi connectivity index (χ4n) is 2.79. The Hall–Kier alpha value is -1.37. The van der Waals surface area contributed by atoms with Crippen molar-refractivity contribution in [2.75, 3.05) is 19.8 Å². The predicted molar refractivity (Wildman–Crippen MR) is 83.3 cm³/mol. The maximum Gasteiger partial charge on any atom is 0.305 e. The van der Waals surface area contributed by atoms with Gasteiger partial charge in [0.15, 0.2) is 0 Å². The van der Waals surface area contributed by atoms with Crippen molar-refractivity contribution in [3.63, 3.8) is 0 Å². The van der Waals surface area contributed by atoms with E-state index in [2.05, 4.69) is 31.9 Å². The lowest BCUT2D eigenvalue weighted by Crippen LogP contribution is -2.45. The van der Waals surface area contributed by atoms with Crippen LogP contribution >= 0.6 is 15.9 Å². The molecule has 1 saturated heterocycles. The SMILES string of the molecule is O=C(O)CC1COCCN1Cc1c[nH]c2ccc(Br)cc12. The second-order valence-electron chi connectivity index (χ2n) is 5.30. The number of hydrogen-bond donors (Lipinski definition) is 2. The van der Waals surface area contributed by atoms with Crippen LogP contribution in [0.25, 0.3) is 10.9 Å². The highest BCUT2D eigenvalue weighted by Gasteiger charge is 2.25. The van der Waals surface area contributed by atoms with Crippen LogP contribution in [0.1, 0.15) is 12.0 Å². The Morgan fingerprint density at radius 3 is 3.19 bits per heavy atom. The first-order valence-corrected chi connectivity index (χ1v) is 7.72. The number of ether oxygens (including phenoxy) is 1. The van der Waals surface area contributed by atoms with Gasteiger partial charge in [-0.2, -0.15) is 0 Å². The summed E-state index contributed by atoms with van der Waals surface area (Å²) in [5.41, 5.74) is 2.28. The van der Waals surface area contributed by atoms with Gasteiger partial charge in [-0.25, -0.2) is 0 Å². The van der Waals surface area contributed by atoms with Gasteiger partial charge in [0.25, 0.3) is 0 Å². The molecule has 2 N–H and O–H groups in total. The Balaban J connectivity index is 1.82. The van der Waals surface area contributed by atoms with Crippen LogP contribution < -0.4 is 0 Å². The molecule has 1 unspecified atom stereocenters. The summed E-state index contributed by atoms with van der Waals surface area (Å²) in [5, 5.41) is 10.2. The van der Waals surface area contributed by atoms with Gasteiger partial charge in [-0.05, 0) is 23.8 Å². The Labute approximate surface area is 131 Å². The van der Waals surface area contributed by atoms with Crippen molar-refractivity contribution in [1.82, 2.24) is 9.88 Å². The van der Waals surface area contributed by atoms with E-state index in [1.54, 1.807) is 0 Å². The summed E-state index contributed by atoms with van der Waals surface area (Å²) in [5.74, 6) is -0.780. The number of carboxylic acid groups (broad SMARTS) is 1. The first kappa shape index (κ1) is 14.6. The van der Waals surface area contributed by atoms with E-state index in [0.717, 1.165) is 23.1 Å². The number of morpholine rings is 1. The highest BCUT2D eigenvalue weighted by Crippen LogP contribution is 2.25. The number of nitrogens with zero attached hydrogens (tertiary/aromatic N) is 1. The van der Waals surface area contributed by atoms with Crippen LogP contribution in [0.5, 0.6) is 0 Å². The minimum absolute atomic E-state index is 0.0617. The van der Waals surface area contributed by atoms with E-state index in [4.69, 9.17) is 9.84 Å². The smallest absolute Gasteiger partial charge is 0.305 e. The van der Waals surface area contributed by atoms with Crippen molar-refractivity contribution in [3.8, 4) is 0 Å². The zero-order valence-electron chi connectivity index (χ0n) is 11.5. The lowest BCUT2D eigenvalue weighted by atomic mass is 10.1. The van der Waals surface area contributed by atoms with Crippen LogP contribution in [0.15, 0.2) is 28.9 Å². The van der Waals surface area contributed by atoms with Gasteiger partial charge in [-0.15, -0.1) is 0 Å². The summed E-state index contributed by atoms with van der Waals surface area (Å²) < 4.78 is 6.46. The van der Waals surface area contributed by atoms with Crippen molar-refractivity contribution in [3.05, 3.63) is 34.4 Å². The average molecular weight is 353 g/mol. The Kier molecular flexibility index (Phi) is 4.28. The molecule has 1 aromatic heterocycles. The van der Waals surface area contributed by atoms with Gasteiger partial charge in [0.05, 0.1) is 19.6 Å². The van der Waals surface area contributed by atoms with Gasteiger partial charge >= 0.3 is 5.97 Å². The zero-order chi connectivity index (χ0) is 14.8. The van der Waals surface area contributed by atoms with E-state index in [1.807, 2.05) is 18.3 Å². The van der Waals surface area contributed by atoms with E-state index in [0.29, 0.717) is 13.2 Å². The van der Waals surface area contributed by atoms with Crippen LogP contribution in [-0.4, -0.2) is 46.8 Å². The summed E-state index contributed by atoms with van der Waals surface area (Å²) in [4.78, 5) is 16.4. The predicted octanol–water partition coefficient (Wildman–Crippen LogP) is 2.61. The normalized spacial score (nSPS) is 20.0. The maximum absolute atomic E-state index is 11.0. The van der Waals surface area contributed by atoms with Crippen molar-refractivity contribution in [1.29, 1.82) is 0 Å². The number of rotatable bonds is 4. The van der Waals surface area contributed by atoms with Gasteiger partial charge in [0.1, 0.15) is 0 Å². The van der Waals surface area contributed by atoms with Crippen LogP contribution in [0.3, 0.4) is 0 Å². The maximum atomic E-state index is 11.0. The number of nitrogens with one attached hydrogen (secondary N) is 1. The molecule has 2 heterocycles. The number of H-pyrrole nitrogens is 1. The van der Waals surface area contributed by atoms with E-state index in [-0.39, 0.29) is 12.5 Å². The summed E-state index contributed by atoms with van der Waals surface area (Å²) >= 11 is 3.50. The van der Waals surface area contributed by atoms with Gasteiger partial charge in [-0.3, -0.25) is 9.69 Å². The molecule has 21 heavy (non-hydrogen) atoms. The molecule has 2 aromatic rings. The molecule has 1 aliphatic heterocycles. The van der Waals surface area contributed by atoms with E-state index < -0.39 is 5.97 Å². The van der Waals surface area contributed by atoms with Crippen LogP contribution in [0, 0.1) is 0 Å². The topological polar surface area (TPSA) is 65.6 Å². The monoisotopic (exact) mass is 352 g/mol. The summed E-state index contributed by atoms with van der Waals surface area (Å²) in [6, 6.07) is 6.07. The highest BCUT2D eigenvalue weighted by molar-refractivity contribution is 9.10. The minimum Gasteiger partial charge on any atom is -0.481 e. The number of benzene rings is 1. The van der Waals surface area contributed by atoms with Crippen molar-refractivity contribution >= 4 is 32.8 Å². The van der Waals surface area contributed by atoms with E-state index in [9.17, 15) is 4.79 Å². The van der Waals surface area contributed by atoms with Crippen molar-refractivity contribution in [2.45, 2.75) is 19.0 Å². The lowest BCUT2D eigenvalue weighted by Gasteiger charge is -2.34. The molecule has 0 aliphatic carbocycles. The molecule has 6 heteroatoms. The first-order chi connectivity index (χ1) is 10.1. The van der Waals surface area contributed by atoms with Crippen molar-refractivity contribution < 1.29 is 14.6 Å². The van der Waals surface area contributed by atoms with Gasteiger partial charge in [0, 0.05) is 40.7 Å². The van der Waals surface area contributed by atoms with Crippen molar-refractivity contribution in [2.24, 2.45) is 0 Å². The number of carboxylic acids is 1. The third-order valence-electron chi connectivity index (χ3n) is 3.86. The van der Waals surface area contributed by atoms with Gasteiger partial charge < -0.3 is 14.8 Å². The molecule has 0 saturated carbocycles. The van der Waals surface area contributed by atoms with Crippen LogP contribution in [0.4, 0.5) is 0 Å². The number of aromatic nitrogens is 1. The molecule has 112 valence electrons. The Morgan fingerprint density at radius 1 is 1.52 bits per heavy atom. The molecular weight excluding hydrogens is 336 g/mol. The molecule has 0 amide bonds. The number of carbonyl (C=O) groups is 1. The minimum atomic E-state index is -0.780. The fraction of sp³-hybridized carbons (Fsp3) is 0.400. The number of halogens is 1. The largest absolute Gasteiger partial charge is 0.481 e. The van der Waals surface area contributed by atoms with E-state index in [1.165, 1.54) is 10.9 Å². The molecule has 0 spiro atoms. The molecule has 1 aliphatic rings. The molecule has 3 rings (SSSR count). The van der Waals surface area contributed by atoms with Crippen LogP contribution in [0.2, 0.25) is 0 Å². The molecule has 1 atom stereocenters.